The summed E-state index contributed by atoms with van der Waals surface area (Å²) in [6.45, 7) is -0.782. The molecule has 0 aliphatic heterocycles. The molecule has 0 spiro atoms. The van der Waals surface area contributed by atoms with Crippen molar-refractivity contribution >= 4 is 25.6 Å². The molecule has 1 rings (SSSR count). The van der Waals surface area contributed by atoms with Gasteiger partial charge in [-0.3, -0.25) is 4.79 Å². The van der Waals surface area contributed by atoms with Crippen LogP contribution in [0.4, 0.5) is 8.78 Å². The number of carbonyl (C=O) groups excluding carboxylic acids is 1. The second kappa shape index (κ2) is 5.62. The van der Waals surface area contributed by atoms with Crippen LogP contribution in [0.2, 0.25) is 0 Å². The Kier molecular flexibility index (Phi) is 4.64. The highest BCUT2D eigenvalue weighted by Crippen LogP contribution is 2.21. The molecule has 1 aromatic carbocycles. The van der Waals surface area contributed by atoms with E-state index in [1.807, 2.05) is 0 Å². The lowest BCUT2D eigenvalue weighted by atomic mass is 10.2. The molecule has 1 amide bonds. The minimum atomic E-state index is -4.10. The Morgan fingerprint density at radius 1 is 1.39 bits per heavy atom. The van der Waals surface area contributed by atoms with Crippen molar-refractivity contribution in [2.75, 3.05) is 13.6 Å². The van der Waals surface area contributed by atoms with Crippen molar-refractivity contribution < 1.29 is 22.0 Å². The van der Waals surface area contributed by atoms with E-state index in [1.165, 1.54) is 18.2 Å². The first-order valence-electron chi connectivity index (χ1n) is 4.80. The fraction of sp³-hybridized carbons (Fsp3) is 0.300. The van der Waals surface area contributed by atoms with Crippen LogP contribution in [0.3, 0.4) is 0 Å². The van der Waals surface area contributed by atoms with Gasteiger partial charge in [-0.2, -0.15) is 0 Å². The number of hydrogen-bond donors (Lipinski definition) is 0. The van der Waals surface area contributed by atoms with E-state index < -0.39 is 32.8 Å². The van der Waals surface area contributed by atoms with Crippen LogP contribution in [0, 0.1) is 0 Å². The summed E-state index contributed by atoms with van der Waals surface area (Å²) in [6.07, 6.45) is -2.70. The monoisotopic (exact) mass is 297 g/mol. The van der Waals surface area contributed by atoms with Gasteiger partial charge in [-0.1, -0.05) is 12.1 Å². The Labute approximate surface area is 108 Å². The zero-order chi connectivity index (χ0) is 13.9. The lowest BCUT2D eigenvalue weighted by Crippen LogP contribution is -2.32. The van der Waals surface area contributed by atoms with Crippen LogP contribution in [-0.4, -0.2) is 39.2 Å². The second-order valence-corrected chi connectivity index (χ2v) is 6.05. The third-order valence-electron chi connectivity index (χ3n) is 2.14. The molecule has 0 heterocycles. The van der Waals surface area contributed by atoms with Crippen molar-refractivity contribution in [3.8, 4) is 0 Å². The molecule has 0 unspecified atom stereocenters. The minimum Gasteiger partial charge on any atom is -0.336 e. The number of nitrogens with zero attached hydrogens (tertiary/aromatic N) is 1. The number of benzene rings is 1. The van der Waals surface area contributed by atoms with Crippen molar-refractivity contribution in [3.63, 3.8) is 0 Å². The quantitative estimate of drug-likeness (QED) is 0.798. The lowest BCUT2D eigenvalue weighted by molar-refractivity contribution is 0.0617. The molecule has 1 aromatic rings. The average molecular weight is 298 g/mol. The lowest BCUT2D eigenvalue weighted by Gasteiger charge is -2.17. The summed E-state index contributed by atoms with van der Waals surface area (Å²) in [6, 6.07) is 5.18. The van der Waals surface area contributed by atoms with Gasteiger partial charge in [-0.25, -0.2) is 17.2 Å². The van der Waals surface area contributed by atoms with Crippen LogP contribution in [0.15, 0.2) is 29.2 Å². The van der Waals surface area contributed by atoms with Crippen molar-refractivity contribution in [2.24, 2.45) is 0 Å². The van der Waals surface area contributed by atoms with E-state index in [2.05, 4.69) is 0 Å². The fourth-order valence-electron chi connectivity index (χ4n) is 1.35. The van der Waals surface area contributed by atoms with Crippen LogP contribution in [0.25, 0.3) is 0 Å². The molecule has 8 heteroatoms. The van der Waals surface area contributed by atoms with Gasteiger partial charge in [0.2, 0.25) is 0 Å². The smallest absolute Gasteiger partial charge is 0.262 e. The van der Waals surface area contributed by atoms with Crippen LogP contribution in [0.5, 0.6) is 0 Å². The van der Waals surface area contributed by atoms with Gasteiger partial charge in [-0.05, 0) is 12.1 Å². The predicted molar refractivity (Wildman–Crippen MR) is 62.4 cm³/mol. The molecule has 0 N–H and O–H groups in total. The van der Waals surface area contributed by atoms with Crippen molar-refractivity contribution in [2.45, 2.75) is 11.3 Å². The van der Waals surface area contributed by atoms with E-state index in [0.29, 0.717) is 0 Å². The highest BCUT2D eigenvalue weighted by molar-refractivity contribution is 8.13. The largest absolute Gasteiger partial charge is 0.336 e. The maximum atomic E-state index is 12.2. The van der Waals surface area contributed by atoms with Gasteiger partial charge in [0.25, 0.3) is 21.4 Å². The van der Waals surface area contributed by atoms with Crippen LogP contribution >= 0.6 is 10.7 Å². The summed E-state index contributed by atoms with van der Waals surface area (Å²) in [7, 11) is 2.23. The fourth-order valence-corrected chi connectivity index (χ4v) is 2.41. The molecule has 0 aromatic heterocycles. The molecule has 0 fully saturated rings. The Hall–Kier alpha value is -1.21. The maximum Gasteiger partial charge on any atom is 0.262 e. The predicted octanol–water partition coefficient (Wildman–Crippen LogP) is 1.95. The molecule has 0 aliphatic rings. The van der Waals surface area contributed by atoms with E-state index in [-0.39, 0.29) is 5.56 Å². The van der Waals surface area contributed by atoms with Crippen molar-refractivity contribution in [1.29, 1.82) is 0 Å². The molecule has 4 nitrogen and oxygen atoms in total. The highest BCUT2D eigenvalue weighted by atomic mass is 35.7. The SMILES string of the molecule is CN(CC(F)F)C(=O)c1ccccc1S(=O)(=O)Cl. The van der Waals surface area contributed by atoms with E-state index in [4.69, 9.17) is 10.7 Å². The molecule has 0 aliphatic carbocycles. The molecular formula is C10H10ClF2NO3S. The Bertz CT molecular complexity index is 548. The van der Waals surface area contributed by atoms with Gasteiger partial charge in [-0.15, -0.1) is 0 Å². The van der Waals surface area contributed by atoms with Gasteiger partial charge in [0.05, 0.1) is 17.0 Å². The van der Waals surface area contributed by atoms with E-state index in [1.54, 1.807) is 0 Å². The number of rotatable bonds is 4. The number of carbonyl (C=O) groups is 1. The van der Waals surface area contributed by atoms with Crippen LogP contribution < -0.4 is 0 Å². The molecule has 100 valence electrons. The van der Waals surface area contributed by atoms with Crippen LogP contribution in [0.1, 0.15) is 10.4 Å². The summed E-state index contributed by atoms with van der Waals surface area (Å²) in [5.41, 5.74) is -0.226. The third-order valence-corrected chi connectivity index (χ3v) is 3.52. The summed E-state index contributed by atoms with van der Waals surface area (Å²) < 4.78 is 46.8. The zero-order valence-corrected chi connectivity index (χ0v) is 10.9. The first-order valence-corrected chi connectivity index (χ1v) is 7.11. The Morgan fingerprint density at radius 2 is 1.94 bits per heavy atom. The summed E-state index contributed by atoms with van der Waals surface area (Å²) >= 11 is 0. The number of alkyl halides is 2. The van der Waals surface area contributed by atoms with Gasteiger partial charge in [0.1, 0.15) is 0 Å². The molecule has 0 bridgehead atoms. The molecule has 0 atom stereocenters. The molecule has 0 radical (unpaired) electrons. The highest BCUT2D eigenvalue weighted by Gasteiger charge is 2.23. The normalized spacial score (nSPS) is 11.6. The summed E-state index contributed by atoms with van der Waals surface area (Å²) in [5.74, 6) is -0.824. The number of halogens is 3. The molecule has 0 saturated heterocycles. The number of hydrogen-bond acceptors (Lipinski definition) is 3. The summed E-state index contributed by atoms with van der Waals surface area (Å²) in [5, 5.41) is 0. The van der Waals surface area contributed by atoms with Crippen LogP contribution in [-0.2, 0) is 9.05 Å². The average Bonchev–Trinajstić information content (AvgIpc) is 2.26. The van der Waals surface area contributed by atoms with Gasteiger partial charge < -0.3 is 4.90 Å². The first-order chi connectivity index (χ1) is 8.23. The third kappa shape index (κ3) is 3.64. The first kappa shape index (κ1) is 14.8. The van der Waals surface area contributed by atoms with E-state index >= 15 is 0 Å². The van der Waals surface area contributed by atoms with E-state index in [0.717, 1.165) is 18.0 Å². The topological polar surface area (TPSA) is 54.5 Å². The Balaban J connectivity index is 3.14. The van der Waals surface area contributed by atoms with Gasteiger partial charge >= 0.3 is 0 Å². The maximum absolute atomic E-state index is 12.2. The molecule has 0 saturated carbocycles. The van der Waals surface area contributed by atoms with Crippen molar-refractivity contribution in [1.82, 2.24) is 4.90 Å². The summed E-state index contributed by atoms with van der Waals surface area (Å²) in [4.78, 5) is 12.2. The van der Waals surface area contributed by atoms with E-state index in [9.17, 15) is 22.0 Å². The van der Waals surface area contributed by atoms with Gasteiger partial charge in [0, 0.05) is 17.7 Å². The molecule has 18 heavy (non-hydrogen) atoms. The van der Waals surface area contributed by atoms with Gasteiger partial charge in [0.15, 0.2) is 0 Å². The second-order valence-electron chi connectivity index (χ2n) is 3.51. The molecular weight excluding hydrogens is 288 g/mol. The van der Waals surface area contributed by atoms with Crippen molar-refractivity contribution in [3.05, 3.63) is 29.8 Å². The number of amides is 1. The Morgan fingerprint density at radius 3 is 2.44 bits per heavy atom. The standard InChI is InChI=1S/C10H10ClF2NO3S/c1-14(6-9(12)13)10(15)7-4-2-3-5-8(7)18(11,16)17/h2-5,9H,6H2,1H3. The zero-order valence-electron chi connectivity index (χ0n) is 9.31. The minimum absolute atomic E-state index is 0.226.